The van der Waals surface area contributed by atoms with Crippen LogP contribution in [-0.2, 0) is 0 Å². The molecule has 0 saturated heterocycles. The zero-order chi connectivity index (χ0) is 21.7. The molecule has 2 aromatic heterocycles. The monoisotopic (exact) mass is 419 g/mol. The van der Waals surface area contributed by atoms with Crippen LogP contribution in [0, 0.1) is 5.41 Å². The van der Waals surface area contributed by atoms with Crippen molar-refractivity contribution in [2.24, 2.45) is 10.5 Å². The molecule has 0 spiro atoms. The Hall–Kier alpha value is -3.16. The normalized spacial score (nSPS) is 14.3. The van der Waals surface area contributed by atoms with Gasteiger partial charge < -0.3 is 10.6 Å². The zero-order valence-corrected chi connectivity index (χ0v) is 18.1. The fourth-order valence-electron chi connectivity index (χ4n) is 3.77. The molecular formula is C22H29N9. The number of nitrogens with one attached hydrogen (secondary N) is 2. The summed E-state index contributed by atoms with van der Waals surface area (Å²) >= 11 is 0. The van der Waals surface area contributed by atoms with Gasteiger partial charge in [0, 0.05) is 42.2 Å². The molecule has 1 aromatic carbocycles. The molecule has 0 amide bonds. The average molecular weight is 420 g/mol. The SMILES string of the molecule is CC(C)(CNCCN=[N+]=[N-])CNc1nn2c(-c3ccccc3)nnc2cc1C1CCC1. The number of benzene rings is 1. The molecule has 2 heterocycles. The van der Waals surface area contributed by atoms with Gasteiger partial charge in [0.1, 0.15) is 0 Å². The summed E-state index contributed by atoms with van der Waals surface area (Å²) in [7, 11) is 0. The quantitative estimate of drug-likeness (QED) is 0.219. The maximum atomic E-state index is 8.39. The lowest BCUT2D eigenvalue weighted by atomic mass is 9.80. The van der Waals surface area contributed by atoms with E-state index in [1.165, 1.54) is 24.8 Å². The van der Waals surface area contributed by atoms with Gasteiger partial charge in [-0.3, -0.25) is 0 Å². The summed E-state index contributed by atoms with van der Waals surface area (Å²) < 4.78 is 1.84. The van der Waals surface area contributed by atoms with Gasteiger partial charge in [-0.25, -0.2) is 0 Å². The van der Waals surface area contributed by atoms with Crippen molar-refractivity contribution >= 4 is 11.5 Å². The van der Waals surface area contributed by atoms with Crippen LogP contribution in [0.3, 0.4) is 0 Å². The molecule has 9 heteroatoms. The topological polar surface area (TPSA) is 116 Å². The number of rotatable bonds is 10. The van der Waals surface area contributed by atoms with Crippen LogP contribution in [-0.4, -0.2) is 46.0 Å². The van der Waals surface area contributed by atoms with E-state index < -0.39 is 0 Å². The average Bonchev–Trinajstić information content (AvgIpc) is 3.14. The summed E-state index contributed by atoms with van der Waals surface area (Å²) in [6.45, 7) is 7.12. The summed E-state index contributed by atoms with van der Waals surface area (Å²) in [5.74, 6) is 2.19. The number of fused-ring (bicyclic) bond motifs is 1. The second kappa shape index (κ2) is 9.32. The summed E-state index contributed by atoms with van der Waals surface area (Å²) in [6.07, 6.45) is 3.64. The van der Waals surface area contributed by atoms with E-state index in [1.54, 1.807) is 0 Å². The van der Waals surface area contributed by atoms with E-state index in [0.29, 0.717) is 19.0 Å². The van der Waals surface area contributed by atoms with Crippen molar-refractivity contribution in [3.05, 3.63) is 52.4 Å². The lowest BCUT2D eigenvalue weighted by Gasteiger charge is -2.30. The minimum atomic E-state index is -0.000669. The first-order valence-electron chi connectivity index (χ1n) is 10.8. The second-order valence-corrected chi connectivity index (χ2v) is 8.88. The Morgan fingerprint density at radius 2 is 2.00 bits per heavy atom. The first-order chi connectivity index (χ1) is 15.1. The number of aromatic nitrogens is 4. The van der Waals surface area contributed by atoms with Crippen molar-refractivity contribution in [3.8, 4) is 11.4 Å². The van der Waals surface area contributed by atoms with E-state index in [-0.39, 0.29) is 5.41 Å². The van der Waals surface area contributed by atoms with Crippen LogP contribution in [0.25, 0.3) is 27.5 Å². The van der Waals surface area contributed by atoms with Crippen LogP contribution < -0.4 is 10.6 Å². The molecule has 1 aliphatic rings. The minimum absolute atomic E-state index is 0.000669. The Morgan fingerprint density at radius 3 is 2.71 bits per heavy atom. The van der Waals surface area contributed by atoms with Crippen LogP contribution in [0.2, 0.25) is 0 Å². The molecule has 0 bridgehead atoms. The molecule has 2 N–H and O–H groups in total. The molecule has 1 saturated carbocycles. The zero-order valence-electron chi connectivity index (χ0n) is 18.1. The van der Waals surface area contributed by atoms with Crippen LogP contribution in [0.15, 0.2) is 41.5 Å². The van der Waals surface area contributed by atoms with Gasteiger partial charge in [-0.05, 0) is 35.8 Å². The summed E-state index contributed by atoms with van der Waals surface area (Å²) in [5.41, 5.74) is 11.4. The largest absolute Gasteiger partial charge is 0.368 e. The molecule has 0 aliphatic heterocycles. The highest BCUT2D eigenvalue weighted by molar-refractivity contribution is 5.61. The third kappa shape index (κ3) is 4.95. The number of hydrogen-bond acceptors (Lipinski definition) is 6. The van der Waals surface area contributed by atoms with Gasteiger partial charge in [0.25, 0.3) is 0 Å². The molecule has 1 fully saturated rings. The van der Waals surface area contributed by atoms with E-state index in [2.05, 4.69) is 50.8 Å². The van der Waals surface area contributed by atoms with Crippen molar-refractivity contribution in [2.45, 2.75) is 39.0 Å². The molecule has 1 aliphatic carbocycles. The van der Waals surface area contributed by atoms with Crippen molar-refractivity contribution < 1.29 is 0 Å². The van der Waals surface area contributed by atoms with Gasteiger partial charge in [0.05, 0.1) is 0 Å². The number of azide groups is 1. The van der Waals surface area contributed by atoms with Gasteiger partial charge in [0.2, 0.25) is 0 Å². The number of hydrogen-bond donors (Lipinski definition) is 2. The van der Waals surface area contributed by atoms with Crippen LogP contribution in [0.5, 0.6) is 0 Å². The lowest BCUT2D eigenvalue weighted by molar-refractivity contribution is 0.363. The van der Waals surface area contributed by atoms with Crippen molar-refractivity contribution in [1.29, 1.82) is 0 Å². The van der Waals surface area contributed by atoms with Gasteiger partial charge in [-0.15, -0.1) is 15.3 Å². The highest BCUT2D eigenvalue weighted by Crippen LogP contribution is 2.40. The van der Waals surface area contributed by atoms with E-state index in [1.807, 2.05) is 34.8 Å². The van der Waals surface area contributed by atoms with Crippen LogP contribution in [0.1, 0.15) is 44.6 Å². The fraction of sp³-hybridized carbons (Fsp3) is 0.500. The van der Waals surface area contributed by atoms with Gasteiger partial charge in [-0.2, -0.15) is 4.52 Å². The first kappa shape index (κ1) is 21.1. The Balaban J connectivity index is 1.55. The third-order valence-corrected chi connectivity index (χ3v) is 5.79. The summed E-state index contributed by atoms with van der Waals surface area (Å²) in [5, 5.41) is 24.3. The third-order valence-electron chi connectivity index (χ3n) is 5.79. The maximum absolute atomic E-state index is 8.39. The Kier molecular flexibility index (Phi) is 6.34. The number of anilines is 1. The Bertz CT molecular complexity index is 1060. The highest BCUT2D eigenvalue weighted by atomic mass is 15.4. The fourth-order valence-corrected chi connectivity index (χ4v) is 3.77. The van der Waals surface area contributed by atoms with E-state index in [0.717, 1.165) is 35.9 Å². The number of nitrogens with zero attached hydrogens (tertiary/aromatic N) is 7. The maximum Gasteiger partial charge on any atom is 0.185 e. The van der Waals surface area contributed by atoms with E-state index in [4.69, 9.17) is 10.6 Å². The van der Waals surface area contributed by atoms with Gasteiger partial charge in [-0.1, -0.05) is 55.7 Å². The predicted octanol–water partition coefficient (Wildman–Crippen LogP) is 4.40. The molecular weight excluding hydrogens is 390 g/mol. The van der Waals surface area contributed by atoms with Gasteiger partial charge in [0.15, 0.2) is 17.3 Å². The Morgan fingerprint density at radius 1 is 1.19 bits per heavy atom. The van der Waals surface area contributed by atoms with Crippen LogP contribution >= 0.6 is 0 Å². The van der Waals surface area contributed by atoms with Crippen molar-refractivity contribution in [1.82, 2.24) is 25.1 Å². The Labute approximate surface area is 181 Å². The second-order valence-electron chi connectivity index (χ2n) is 8.88. The van der Waals surface area contributed by atoms with E-state index in [9.17, 15) is 0 Å². The molecule has 3 aromatic rings. The molecule has 0 atom stereocenters. The summed E-state index contributed by atoms with van der Waals surface area (Å²) in [4.78, 5) is 2.79. The smallest absolute Gasteiger partial charge is 0.185 e. The van der Waals surface area contributed by atoms with Crippen molar-refractivity contribution in [3.63, 3.8) is 0 Å². The summed E-state index contributed by atoms with van der Waals surface area (Å²) in [6, 6.07) is 12.2. The molecule has 9 nitrogen and oxygen atoms in total. The van der Waals surface area contributed by atoms with Gasteiger partial charge >= 0.3 is 0 Å². The predicted molar refractivity (Wildman–Crippen MR) is 122 cm³/mol. The molecule has 0 unspecified atom stereocenters. The first-order valence-corrected chi connectivity index (χ1v) is 10.8. The highest BCUT2D eigenvalue weighted by Gasteiger charge is 2.26. The van der Waals surface area contributed by atoms with Crippen LogP contribution in [0.4, 0.5) is 5.82 Å². The molecule has 0 radical (unpaired) electrons. The molecule has 4 rings (SSSR count). The standard InChI is InChI=1S/C22H29N9/c1-22(2,14-24-11-12-26-30-23)15-25-20-18(16-9-6-10-16)13-19-27-28-21(31(19)29-20)17-7-4-3-5-8-17/h3-5,7-8,13,16,24H,6,9-12,14-15H2,1-2H3,(H,25,29). The van der Waals surface area contributed by atoms with Crippen molar-refractivity contribution in [2.75, 3.05) is 31.5 Å². The molecule has 162 valence electrons. The van der Waals surface area contributed by atoms with E-state index >= 15 is 0 Å². The molecule has 31 heavy (non-hydrogen) atoms. The minimum Gasteiger partial charge on any atom is -0.368 e. The lowest BCUT2D eigenvalue weighted by Crippen LogP contribution is -2.36.